The first-order chi connectivity index (χ1) is 9.06. The number of benzene rings is 1. The molecule has 0 fully saturated rings. The minimum atomic E-state index is -0.463. The van der Waals surface area contributed by atoms with Crippen LogP contribution in [-0.2, 0) is 4.79 Å². The van der Waals surface area contributed by atoms with Crippen LogP contribution in [0.1, 0.15) is 0 Å². The first kappa shape index (κ1) is 14.6. The van der Waals surface area contributed by atoms with Crippen molar-refractivity contribution in [1.82, 2.24) is 4.90 Å². The molecule has 1 aliphatic rings. The number of rotatable bonds is 2. The number of ether oxygens (including phenoxy) is 1. The Hall–Kier alpha value is -2.50. The lowest BCUT2D eigenvalue weighted by Crippen LogP contribution is -2.15. The molecule has 6 heteroatoms. The van der Waals surface area contributed by atoms with Crippen molar-refractivity contribution in [2.24, 2.45) is 5.73 Å². The van der Waals surface area contributed by atoms with Gasteiger partial charge in [-0.05, 0) is 24.3 Å². The second kappa shape index (κ2) is 7.05. The molecule has 19 heavy (non-hydrogen) atoms. The number of amides is 1. The Labute approximate surface area is 110 Å². The van der Waals surface area contributed by atoms with E-state index in [0.717, 1.165) is 6.54 Å². The van der Waals surface area contributed by atoms with E-state index in [1.165, 1.54) is 12.1 Å². The van der Waals surface area contributed by atoms with Gasteiger partial charge in [0.25, 0.3) is 0 Å². The van der Waals surface area contributed by atoms with Gasteiger partial charge < -0.3 is 21.1 Å². The van der Waals surface area contributed by atoms with E-state index in [1.807, 2.05) is 30.3 Å². The zero-order valence-electron chi connectivity index (χ0n) is 10.5. The molecule has 2 rings (SSSR count). The molecule has 0 saturated heterocycles. The number of hydrogen-bond acceptors (Lipinski definition) is 4. The Bertz CT molecular complexity index is 501. The van der Waals surface area contributed by atoms with E-state index in [1.54, 1.807) is 6.07 Å². The summed E-state index contributed by atoms with van der Waals surface area (Å²) in [5.74, 6) is 0.699. The van der Waals surface area contributed by atoms with Crippen LogP contribution in [0.15, 0.2) is 42.3 Å². The predicted molar refractivity (Wildman–Crippen MR) is 71.5 cm³/mol. The van der Waals surface area contributed by atoms with Crippen LogP contribution in [0.2, 0.25) is 0 Å². The Kier molecular flexibility index (Phi) is 5.40. The van der Waals surface area contributed by atoms with Crippen molar-refractivity contribution in [2.45, 2.75) is 0 Å². The van der Waals surface area contributed by atoms with E-state index < -0.39 is 5.82 Å². The third-order valence-corrected chi connectivity index (χ3v) is 2.28. The number of carbonyl (C=O) groups excluding carboxylic acids is 1. The summed E-state index contributed by atoms with van der Waals surface area (Å²) in [6.45, 7) is 0.781. The van der Waals surface area contributed by atoms with Crippen LogP contribution in [0, 0.1) is 5.82 Å². The van der Waals surface area contributed by atoms with Crippen LogP contribution in [0.3, 0.4) is 0 Å². The van der Waals surface area contributed by atoms with E-state index >= 15 is 0 Å². The molecule has 0 atom stereocenters. The van der Waals surface area contributed by atoms with Gasteiger partial charge in [0, 0.05) is 25.9 Å². The average molecular weight is 265 g/mol. The highest BCUT2D eigenvalue weighted by molar-refractivity contribution is 5.44. The fraction of sp³-hybridized carbons (Fsp3) is 0.154. The Morgan fingerprint density at radius 3 is 2.68 bits per heavy atom. The largest absolute Gasteiger partial charge is 0.457 e. The molecule has 1 amide bonds. The van der Waals surface area contributed by atoms with Crippen LogP contribution < -0.4 is 16.2 Å². The Balaban J connectivity index is 0.000000550. The summed E-state index contributed by atoms with van der Waals surface area (Å²) >= 11 is 0. The number of anilines is 1. The van der Waals surface area contributed by atoms with Crippen molar-refractivity contribution in [2.75, 3.05) is 19.3 Å². The second-order valence-electron chi connectivity index (χ2n) is 3.78. The van der Waals surface area contributed by atoms with Crippen molar-refractivity contribution in [3.8, 4) is 5.75 Å². The fourth-order valence-corrected chi connectivity index (χ4v) is 1.35. The molecule has 0 aromatic heterocycles. The van der Waals surface area contributed by atoms with E-state index in [9.17, 15) is 4.39 Å². The van der Waals surface area contributed by atoms with Crippen LogP contribution in [-0.4, -0.2) is 24.9 Å². The normalized spacial score (nSPS) is 13.2. The number of carbonyl (C=O) groups is 1. The second-order valence-corrected chi connectivity index (χ2v) is 3.78. The molecule has 1 heterocycles. The fourth-order valence-electron chi connectivity index (χ4n) is 1.35. The van der Waals surface area contributed by atoms with Crippen molar-refractivity contribution in [3.05, 3.63) is 48.1 Å². The van der Waals surface area contributed by atoms with Crippen LogP contribution in [0.5, 0.6) is 5.75 Å². The Morgan fingerprint density at radius 2 is 2.16 bits per heavy atom. The molecule has 0 bridgehead atoms. The molecule has 5 nitrogen and oxygen atoms in total. The molecule has 0 unspecified atom stereocenters. The SMILES string of the molecule is CN1C=CC(Oc2ccc(N)c(F)c2)=CC1.NC=O. The van der Waals surface area contributed by atoms with Crippen molar-refractivity contribution in [3.63, 3.8) is 0 Å². The maximum Gasteiger partial charge on any atom is 0.204 e. The van der Waals surface area contributed by atoms with Gasteiger partial charge in [0.15, 0.2) is 0 Å². The summed E-state index contributed by atoms with van der Waals surface area (Å²) in [5, 5.41) is 0. The number of likely N-dealkylation sites (N-methyl/N-ethyl adjacent to an activating group) is 1. The molecule has 1 aromatic rings. The number of primary amides is 1. The molecule has 0 aliphatic carbocycles. The maximum absolute atomic E-state index is 13.1. The minimum absolute atomic E-state index is 0.125. The smallest absolute Gasteiger partial charge is 0.204 e. The van der Waals surface area contributed by atoms with Gasteiger partial charge in [0.2, 0.25) is 6.41 Å². The number of allylic oxidation sites excluding steroid dienone is 1. The highest BCUT2D eigenvalue weighted by atomic mass is 19.1. The third kappa shape index (κ3) is 4.71. The zero-order valence-corrected chi connectivity index (χ0v) is 10.5. The third-order valence-electron chi connectivity index (χ3n) is 2.28. The first-order valence-electron chi connectivity index (χ1n) is 5.53. The van der Waals surface area contributed by atoms with Gasteiger partial charge in [-0.25, -0.2) is 4.39 Å². The van der Waals surface area contributed by atoms with Gasteiger partial charge in [0.05, 0.1) is 5.69 Å². The van der Waals surface area contributed by atoms with Crippen molar-refractivity contribution >= 4 is 12.1 Å². The van der Waals surface area contributed by atoms with E-state index in [4.69, 9.17) is 15.3 Å². The average Bonchev–Trinajstić information content (AvgIpc) is 2.38. The molecule has 0 radical (unpaired) electrons. The summed E-state index contributed by atoms with van der Waals surface area (Å²) < 4.78 is 18.6. The van der Waals surface area contributed by atoms with E-state index in [0.29, 0.717) is 11.5 Å². The molecular formula is C13H16FN3O2. The first-order valence-corrected chi connectivity index (χ1v) is 5.53. The number of halogens is 1. The number of nitrogens with zero attached hydrogens (tertiary/aromatic N) is 1. The summed E-state index contributed by atoms with van der Waals surface area (Å²) in [5.41, 5.74) is 9.67. The number of hydrogen-bond donors (Lipinski definition) is 2. The highest BCUT2D eigenvalue weighted by Crippen LogP contribution is 2.21. The van der Waals surface area contributed by atoms with Gasteiger partial charge in [-0.3, -0.25) is 4.79 Å². The van der Waals surface area contributed by atoms with Gasteiger partial charge in [-0.2, -0.15) is 0 Å². The number of nitrogen functional groups attached to an aromatic ring is 1. The molecule has 1 aromatic carbocycles. The monoisotopic (exact) mass is 265 g/mol. The summed E-state index contributed by atoms with van der Waals surface area (Å²) in [6, 6.07) is 4.41. The lowest BCUT2D eigenvalue weighted by atomic mass is 10.3. The molecule has 0 spiro atoms. The van der Waals surface area contributed by atoms with Gasteiger partial charge in [0.1, 0.15) is 17.3 Å². The molecule has 102 valence electrons. The summed E-state index contributed by atoms with van der Waals surface area (Å²) in [4.78, 5) is 10.6. The molecule has 4 N–H and O–H groups in total. The summed E-state index contributed by atoms with van der Waals surface area (Å²) in [7, 11) is 1.96. The van der Waals surface area contributed by atoms with Gasteiger partial charge in [-0.15, -0.1) is 0 Å². The quantitative estimate of drug-likeness (QED) is 0.622. The topological polar surface area (TPSA) is 81.6 Å². The van der Waals surface area contributed by atoms with E-state index in [2.05, 4.69) is 5.73 Å². The number of nitrogens with two attached hydrogens (primary N) is 2. The van der Waals surface area contributed by atoms with Crippen molar-refractivity contribution < 1.29 is 13.9 Å². The van der Waals surface area contributed by atoms with E-state index in [-0.39, 0.29) is 12.1 Å². The minimum Gasteiger partial charge on any atom is -0.457 e. The predicted octanol–water partition coefficient (Wildman–Crippen LogP) is 1.23. The standard InChI is InChI=1S/C12H13FN2O.CH3NO/c1-15-6-4-9(5-7-15)16-10-2-3-12(14)11(13)8-10;2-1-3/h2-6,8H,7,14H2,1H3;1H,(H2,2,3). The van der Waals surface area contributed by atoms with Crippen LogP contribution in [0.4, 0.5) is 10.1 Å². The van der Waals surface area contributed by atoms with Crippen LogP contribution in [0.25, 0.3) is 0 Å². The molecule has 1 aliphatic heterocycles. The molecule has 0 saturated carbocycles. The zero-order chi connectivity index (χ0) is 14.3. The lowest BCUT2D eigenvalue weighted by molar-refractivity contribution is -0.106. The maximum atomic E-state index is 13.1. The molecular weight excluding hydrogens is 249 g/mol. The highest BCUT2D eigenvalue weighted by Gasteiger charge is 2.05. The van der Waals surface area contributed by atoms with Gasteiger partial charge >= 0.3 is 0 Å². The van der Waals surface area contributed by atoms with Crippen molar-refractivity contribution in [1.29, 1.82) is 0 Å². The van der Waals surface area contributed by atoms with Crippen LogP contribution >= 0.6 is 0 Å². The lowest BCUT2D eigenvalue weighted by Gasteiger charge is -2.17. The summed E-state index contributed by atoms with van der Waals surface area (Å²) in [6.07, 6.45) is 5.91. The van der Waals surface area contributed by atoms with Gasteiger partial charge in [-0.1, -0.05) is 0 Å². The Morgan fingerprint density at radius 1 is 1.47 bits per heavy atom.